The number of nitrogens with two attached hydrogens (primary N) is 1. The van der Waals surface area contributed by atoms with E-state index in [1.54, 1.807) is 0 Å². The second-order valence-electron chi connectivity index (χ2n) is 3.97. The molecule has 0 spiro atoms. The third-order valence-electron chi connectivity index (χ3n) is 2.56. The van der Waals surface area contributed by atoms with Gasteiger partial charge >= 0.3 is 16.5 Å². The zero-order valence-electron chi connectivity index (χ0n) is 9.67. The van der Waals surface area contributed by atoms with Crippen molar-refractivity contribution in [2.45, 2.75) is 71.1 Å². The van der Waals surface area contributed by atoms with Crippen LogP contribution >= 0.6 is 0 Å². The van der Waals surface area contributed by atoms with Crippen molar-refractivity contribution in [2.75, 3.05) is 6.54 Å². The van der Waals surface area contributed by atoms with E-state index in [0.29, 0.717) is 0 Å². The molecule has 0 amide bonds. The molecule has 0 saturated heterocycles. The summed E-state index contributed by atoms with van der Waals surface area (Å²) in [5, 5.41) is 0. The van der Waals surface area contributed by atoms with Crippen LogP contribution in [0.1, 0.15) is 71.1 Å². The van der Waals surface area contributed by atoms with Crippen LogP contribution in [0, 0.1) is 0 Å². The average Bonchev–Trinajstić information content (AvgIpc) is 2.16. The Labute approximate surface area is 100 Å². The molecule has 0 bridgehead atoms. The van der Waals surface area contributed by atoms with Crippen molar-refractivity contribution >= 4 is 0 Å². The van der Waals surface area contributed by atoms with E-state index in [9.17, 15) is 0 Å². The van der Waals surface area contributed by atoms with Crippen molar-refractivity contribution in [3.8, 4) is 0 Å². The number of hydrogen-bond acceptors (Lipinski definition) is 1. The van der Waals surface area contributed by atoms with Crippen LogP contribution in [0.4, 0.5) is 0 Å². The maximum atomic E-state index is 5.42. The smallest absolute Gasteiger partial charge is 0.330 e. The molecule has 14 heavy (non-hydrogen) atoms. The fourth-order valence-corrected chi connectivity index (χ4v) is 1.63. The zero-order chi connectivity index (χ0) is 9.78. The molecule has 0 aliphatic carbocycles. The minimum atomic E-state index is 0. The first-order valence-electron chi connectivity index (χ1n) is 6.12. The van der Waals surface area contributed by atoms with E-state index in [2.05, 4.69) is 6.92 Å². The first-order chi connectivity index (χ1) is 6.41. The van der Waals surface area contributed by atoms with Gasteiger partial charge in [-0.05, 0) is 13.0 Å². The minimum Gasteiger partial charge on any atom is -0.330 e. The summed E-state index contributed by atoms with van der Waals surface area (Å²) in [5.74, 6) is 0. The fraction of sp³-hybridized carbons (Fsp3) is 1.00. The van der Waals surface area contributed by atoms with E-state index in [-0.39, 0.29) is 16.5 Å². The van der Waals surface area contributed by atoms with E-state index in [1.807, 2.05) is 0 Å². The van der Waals surface area contributed by atoms with Gasteiger partial charge in [-0.2, -0.15) is 0 Å². The maximum Gasteiger partial charge on any atom is 2.00 e. The Hall–Kier alpha value is 0.454. The Kier molecular flexibility index (Phi) is 19.2. The topological polar surface area (TPSA) is 26.0 Å². The van der Waals surface area contributed by atoms with E-state index in [0.717, 1.165) is 6.54 Å². The minimum absolute atomic E-state index is 0. The van der Waals surface area contributed by atoms with Crippen molar-refractivity contribution in [1.29, 1.82) is 0 Å². The van der Waals surface area contributed by atoms with Gasteiger partial charge in [0.25, 0.3) is 0 Å². The van der Waals surface area contributed by atoms with Crippen LogP contribution in [-0.2, 0) is 16.5 Å². The second-order valence-corrected chi connectivity index (χ2v) is 3.97. The molecule has 0 unspecified atom stereocenters. The molecular weight excluding hydrogens is 217 g/mol. The normalized spacial score (nSPS) is 9.86. The summed E-state index contributed by atoms with van der Waals surface area (Å²) < 4.78 is 0. The molecule has 0 saturated carbocycles. The van der Waals surface area contributed by atoms with Crippen LogP contribution in [0.2, 0.25) is 0 Å². The van der Waals surface area contributed by atoms with Crippen LogP contribution in [-0.4, -0.2) is 6.54 Å². The van der Waals surface area contributed by atoms with Gasteiger partial charge < -0.3 is 5.73 Å². The molecule has 0 rings (SSSR count). The van der Waals surface area contributed by atoms with Gasteiger partial charge in [-0.3, -0.25) is 0 Å². The quantitative estimate of drug-likeness (QED) is 0.458. The predicted molar refractivity (Wildman–Crippen MR) is 60.9 cm³/mol. The van der Waals surface area contributed by atoms with E-state index < -0.39 is 0 Å². The molecule has 88 valence electrons. The summed E-state index contributed by atoms with van der Waals surface area (Å²) in [6.45, 7) is 3.14. The van der Waals surface area contributed by atoms with Gasteiger partial charge in [-0.15, -0.1) is 0 Å². The van der Waals surface area contributed by atoms with Crippen LogP contribution in [0.25, 0.3) is 0 Å². The monoisotopic (exact) mass is 243 g/mol. The van der Waals surface area contributed by atoms with Crippen molar-refractivity contribution in [3.63, 3.8) is 0 Å². The molecular formula is C12H27NNi+2. The molecule has 0 aromatic carbocycles. The zero-order valence-corrected chi connectivity index (χ0v) is 10.7. The fourth-order valence-electron chi connectivity index (χ4n) is 1.63. The first-order valence-corrected chi connectivity index (χ1v) is 6.12. The number of hydrogen-bond donors (Lipinski definition) is 1. The van der Waals surface area contributed by atoms with Crippen LogP contribution in [0.5, 0.6) is 0 Å². The van der Waals surface area contributed by atoms with Crippen molar-refractivity contribution < 1.29 is 16.5 Å². The Bertz CT molecular complexity index is 76.4. The van der Waals surface area contributed by atoms with Gasteiger partial charge in [0.1, 0.15) is 0 Å². The van der Waals surface area contributed by atoms with E-state index in [4.69, 9.17) is 5.73 Å². The molecule has 0 aromatic rings. The van der Waals surface area contributed by atoms with Crippen molar-refractivity contribution in [1.82, 2.24) is 0 Å². The molecule has 0 heterocycles. The number of unbranched alkanes of at least 4 members (excludes halogenated alkanes) is 9. The summed E-state index contributed by atoms with van der Waals surface area (Å²) in [7, 11) is 0. The maximum absolute atomic E-state index is 5.42. The molecule has 2 N–H and O–H groups in total. The Morgan fingerprint density at radius 3 is 1.36 bits per heavy atom. The Morgan fingerprint density at radius 1 is 0.643 bits per heavy atom. The van der Waals surface area contributed by atoms with Crippen LogP contribution < -0.4 is 5.73 Å². The molecule has 0 aliphatic heterocycles. The van der Waals surface area contributed by atoms with Crippen molar-refractivity contribution in [3.05, 3.63) is 0 Å². The van der Waals surface area contributed by atoms with Crippen LogP contribution in [0.3, 0.4) is 0 Å². The van der Waals surface area contributed by atoms with Crippen molar-refractivity contribution in [2.24, 2.45) is 5.73 Å². The summed E-state index contributed by atoms with van der Waals surface area (Å²) in [6, 6.07) is 0. The average molecular weight is 244 g/mol. The van der Waals surface area contributed by atoms with Gasteiger partial charge in [0, 0.05) is 0 Å². The molecule has 0 aliphatic rings. The summed E-state index contributed by atoms with van der Waals surface area (Å²) in [5.41, 5.74) is 5.42. The number of rotatable bonds is 10. The Balaban J connectivity index is 0. The molecule has 0 radical (unpaired) electrons. The molecule has 0 fully saturated rings. The summed E-state index contributed by atoms with van der Waals surface area (Å²) in [4.78, 5) is 0. The van der Waals surface area contributed by atoms with Gasteiger partial charge in [0.05, 0.1) is 0 Å². The van der Waals surface area contributed by atoms with Gasteiger partial charge in [-0.1, -0.05) is 64.7 Å². The largest absolute Gasteiger partial charge is 2.00 e. The van der Waals surface area contributed by atoms with E-state index in [1.165, 1.54) is 64.2 Å². The van der Waals surface area contributed by atoms with Crippen LogP contribution in [0.15, 0.2) is 0 Å². The molecule has 1 nitrogen and oxygen atoms in total. The molecule has 0 aromatic heterocycles. The SMILES string of the molecule is CCCCCCCCCCCCN.[Ni+2]. The molecule has 2 heteroatoms. The third kappa shape index (κ3) is 15.0. The van der Waals surface area contributed by atoms with Gasteiger partial charge in [0.15, 0.2) is 0 Å². The summed E-state index contributed by atoms with van der Waals surface area (Å²) >= 11 is 0. The molecule has 0 atom stereocenters. The van der Waals surface area contributed by atoms with Gasteiger partial charge in [0.2, 0.25) is 0 Å². The Morgan fingerprint density at radius 2 is 1.00 bits per heavy atom. The standard InChI is InChI=1S/C12H27N.Ni/c1-2-3-4-5-6-7-8-9-10-11-12-13;/h2-13H2,1H3;/q;+2. The predicted octanol–water partition coefficient (Wildman–Crippen LogP) is 3.86. The third-order valence-corrected chi connectivity index (χ3v) is 2.56. The second kappa shape index (κ2) is 15.9. The summed E-state index contributed by atoms with van der Waals surface area (Å²) in [6.07, 6.45) is 13.9. The van der Waals surface area contributed by atoms with E-state index >= 15 is 0 Å². The first kappa shape index (κ1) is 16.9. The van der Waals surface area contributed by atoms with Gasteiger partial charge in [-0.25, -0.2) is 0 Å².